The Morgan fingerprint density at radius 1 is 1.03 bits per heavy atom. The van der Waals surface area contributed by atoms with E-state index in [1.54, 1.807) is 4.90 Å². The second-order valence-electron chi connectivity index (χ2n) is 9.09. The van der Waals surface area contributed by atoms with Crippen LogP contribution in [0.3, 0.4) is 0 Å². The van der Waals surface area contributed by atoms with Crippen molar-refractivity contribution in [3.63, 3.8) is 0 Å². The monoisotopic (exact) mass is 443 g/mol. The van der Waals surface area contributed by atoms with Gasteiger partial charge in [0, 0.05) is 18.5 Å². The molecule has 1 aliphatic carbocycles. The number of halogens is 3. The van der Waals surface area contributed by atoms with Crippen LogP contribution in [0, 0.1) is 0 Å². The molecule has 2 aliphatic rings. The summed E-state index contributed by atoms with van der Waals surface area (Å²) in [6.07, 6.45) is 0.265. The van der Waals surface area contributed by atoms with Crippen LogP contribution in [0.4, 0.5) is 13.2 Å². The second kappa shape index (κ2) is 7.98. The molecule has 0 saturated carbocycles. The zero-order valence-electron chi connectivity index (χ0n) is 18.6. The predicted molar refractivity (Wildman–Crippen MR) is 118 cm³/mol. The maximum Gasteiger partial charge on any atom is 0.419 e. The number of nitrogens with zero attached hydrogens (tertiary/aromatic N) is 1. The number of benzene rings is 2. The Hall–Kier alpha value is -2.76. The third-order valence-electron chi connectivity index (χ3n) is 6.78. The van der Waals surface area contributed by atoms with Crippen LogP contribution in [-0.2, 0) is 16.4 Å². The van der Waals surface area contributed by atoms with Crippen LogP contribution in [0.2, 0.25) is 0 Å². The molecule has 0 N–H and O–H groups in total. The van der Waals surface area contributed by atoms with Gasteiger partial charge in [0.25, 0.3) is 5.91 Å². The number of allylic oxidation sites excluding steroid dienone is 1. The predicted octanol–water partition coefficient (Wildman–Crippen LogP) is 6.23. The third-order valence-corrected chi connectivity index (χ3v) is 6.78. The van der Waals surface area contributed by atoms with Crippen LogP contribution in [-0.4, -0.2) is 29.5 Å². The van der Waals surface area contributed by atoms with Gasteiger partial charge in [-0.1, -0.05) is 55.0 Å². The highest BCUT2D eigenvalue weighted by Crippen LogP contribution is 2.50. The molecule has 1 spiro atoms. The number of amides is 1. The van der Waals surface area contributed by atoms with E-state index < -0.39 is 17.3 Å². The summed E-state index contributed by atoms with van der Waals surface area (Å²) < 4.78 is 45.7. The van der Waals surface area contributed by atoms with Gasteiger partial charge in [0.2, 0.25) is 0 Å². The Bertz CT molecular complexity index is 1050. The fourth-order valence-electron chi connectivity index (χ4n) is 5.17. The van der Waals surface area contributed by atoms with Crippen molar-refractivity contribution in [1.82, 2.24) is 4.90 Å². The van der Waals surface area contributed by atoms with Gasteiger partial charge < -0.3 is 9.64 Å². The van der Waals surface area contributed by atoms with E-state index in [2.05, 4.69) is 31.2 Å². The molecule has 1 amide bonds. The van der Waals surface area contributed by atoms with Crippen molar-refractivity contribution in [1.29, 1.82) is 0 Å². The van der Waals surface area contributed by atoms with Crippen LogP contribution in [0.1, 0.15) is 56.7 Å². The fraction of sp³-hybridized carbons (Fsp3) is 0.423. The first-order valence-electron chi connectivity index (χ1n) is 11.0. The molecule has 2 aromatic carbocycles. The molecule has 1 saturated heterocycles. The van der Waals surface area contributed by atoms with E-state index in [0.29, 0.717) is 13.1 Å². The smallest absolute Gasteiger partial charge is 0.419 e. The number of fused-ring (bicyclic) bond motifs is 2. The molecule has 0 radical (unpaired) electrons. The summed E-state index contributed by atoms with van der Waals surface area (Å²) in [5.74, 6) is -0.620. The van der Waals surface area contributed by atoms with Gasteiger partial charge in [-0.05, 0) is 56.4 Å². The number of ether oxygens (including phenoxy) is 1. The van der Waals surface area contributed by atoms with Crippen molar-refractivity contribution in [3.8, 4) is 5.75 Å². The van der Waals surface area contributed by atoms with Crippen molar-refractivity contribution >= 4 is 12.0 Å². The molecule has 0 unspecified atom stereocenters. The fourth-order valence-corrected chi connectivity index (χ4v) is 5.17. The minimum Gasteiger partial charge on any atom is -0.477 e. The standard InChI is InChI=1S/C26H28F3NO2/c1-4-19-17-18-9-5-6-10-20(18)25(19)13-15-30(16-14-25)23(31)24(2,3)32-22-12-8-7-11-21(22)26(27,28)29/h5-12,17H,4,13-16H2,1-3H3. The van der Waals surface area contributed by atoms with Crippen molar-refractivity contribution in [2.45, 2.75) is 57.2 Å². The number of carbonyl (C=O) groups is 1. The first-order chi connectivity index (χ1) is 15.1. The summed E-state index contributed by atoms with van der Waals surface area (Å²) in [5, 5.41) is 0. The third kappa shape index (κ3) is 3.80. The van der Waals surface area contributed by atoms with Crippen molar-refractivity contribution in [2.24, 2.45) is 0 Å². The van der Waals surface area contributed by atoms with Crippen molar-refractivity contribution < 1.29 is 22.7 Å². The molecule has 0 atom stereocenters. The molecule has 0 bridgehead atoms. The van der Waals surface area contributed by atoms with Gasteiger partial charge >= 0.3 is 6.18 Å². The molecule has 0 aromatic heterocycles. The van der Waals surface area contributed by atoms with E-state index in [4.69, 9.17) is 4.74 Å². The molecule has 1 heterocycles. The SMILES string of the molecule is CCC1=Cc2ccccc2C12CCN(C(=O)C(C)(C)Oc1ccccc1C(F)(F)F)CC2. The maximum atomic E-state index is 13.4. The van der Waals surface area contributed by atoms with E-state index in [-0.39, 0.29) is 17.1 Å². The minimum absolute atomic E-state index is 0.0595. The van der Waals surface area contributed by atoms with Gasteiger partial charge in [-0.3, -0.25) is 4.79 Å². The van der Waals surface area contributed by atoms with Crippen molar-refractivity contribution in [3.05, 3.63) is 70.8 Å². The second-order valence-corrected chi connectivity index (χ2v) is 9.09. The first kappa shape index (κ1) is 22.4. The van der Waals surface area contributed by atoms with Gasteiger partial charge in [-0.2, -0.15) is 13.2 Å². The largest absolute Gasteiger partial charge is 0.477 e. The van der Waals surface area contributed by atoms with E-state index >= 15 is 0 Å². The summed E-state index contributed by atoms with van der Waals surface area (Å²) in [6.45, 7) is 6.31. The van der Waals surface area contributed by atoms with E-state index in [1.165, 1.54) is 48.7 Å². The number of rotatable bonds is 4. The molecule has 4 rings (SSSR count). The molecule has 3 nitrogen and oxygen atoms in total. The van der Waals surface area contributed by atoms with Gasteiger partial charge in [-0.25, -0.2) is 0 Å². The van der Waals surface area contributed by atoms with E-state index in [1.807, 2.05) is 6.07 Å². The summed E-state index contributed by atoms with van der Waals surface area (Å²) in [5.41, 5.74) is 1.60. The van der Waals surface area contributed by atoms with Crippen LogP contribution < -0.4 is 4.74 Å². The van der Waals surface area contributed by atoms with Gasteiger partial charge in [0.1, 0.15) is 5.75 Å². The summed E-state index contributed by atoms with van der Waals surface area (Å²) >= 11 is 0. The summed E-state index contributed by atoms with van der Waals surface area (Å²) in [7, 11) is 0. The first-order valence-corrected chi connectivity index (χ1v) is 11.0. The van der Waals surface area contributed by atoms with Crippen LogP contribution in [0.5, 0.6) is 5.75 Å². The van der Waals surface area contributed by atoms with Gasteiger partial charge in [0.05, 0.1) is 5.56 Å². The Balaban J connectivity index is 1.51. The highest BCUT2D eigenvalue weighted by molar-refractivity contribution is 5.85. The average molecular weight is 444 g/mol. The molecular formula is C26H28F3NO2. The Morgan fingerprint density at radius 3 is 2.31 bits per heavy atom. The lowest BCUT2D eigenvalue weighted by Gasteiger charge is -2.44. The van der Waals surface area contributed by atoms with Gasteiger partial charge in [-0.15, -0.1) is 0 Å². The number of carbonyl (C=O) groups excluding carboxylic acids is 1. The Kier molecular flexibility index (Phi) is 5.60. The average Bonchev–Trinajstić information content (AvgIpc) is 3.06. The Morgan fingerprint density at radius 2 is 1.66 bits per heavy atom. The summed E-state index contributed by atoms with van der Waals surface area (Å²) in [6, 6.07) is 13.4. The molecule has 1 fully saturated rings. The number of hydrogen-bond acceptors (Lipinski definition) is 2. The van der Waals surface area contributed by atoms with Crippen LogP contribution in [0.15, 0.2) is 54.1 Å². The number of piperidine rings is 1. The highest BCUT2D eigenvalue weighted by atomic mass is 19.4. The zero-order valence-corrected chi connectivity index (χ0v) is 18.6. The summed E-state index contributed by atoms with van der Waals surface area (Å²) in [4.78, 5) is 15.0. The topological polar surface area (TPSA) is 29.5 Å². The van der Waals surface area contributed by atoms with Crippen molar-refractivity contribution in [2.75, 3.05) is 13.1 Å². The number of hydrogen-bond donors (Lipinski definition) is 0. The number of likely N-dealkylation sites (tertiary alicyclic amines) is 1. The van der Waals surface area contributed by atoms with E-state index in [9.17, 15) is 18.0 Å². The molecule has 6 heteroatoms. The molecule has 2 aromatic rings. The number of alkyl halides is 3. The van der Waals surface area contributed by atoms with E-state index in [0.717, 1.165) is 25.3 Å². The highest BCUT2D eigenvalue weighted by Gasteiger charge is 2.46. The lowest BCUT2D eigenvalue weighted by molar-refractivity contribution is -0.150. The minimum atomic E-state index is -4.55. The molecule has 1 aliphatic heterocycles. The zero-order chi connectivity index (χ0) is 23.1. The normalized spacial score (nSPS) is 17.8. The molecule has 170 valence electrons. The Labute approximate surface area is 186 Å². The lowest BCUT2D eigenvalue weighted by Crippen LogP contribution is -2.53. The molecular weight excluding hydrogens is 415 g/mol. The van der Waals surface area contributed by atoms with Crippen LogP contribution >= 0.6 is 0 Å². The maximum absolute atomic E-state index is 13.4. The lowest BCUT2D eigenvalue weighted by atomic mass is 9.69. The molecule has 32 heavy (non-hydrogen) atoms. The van der Waals surface area contributed by atoms with Gasteiger partial charge in [0.15, 0.2) is 5.60 Å². The van der Waals surface area contributed by atoms with Crippen LogP contribution in [0.25, 0.3) is 6.08 Å². The quantitative estimate of drug-likeness (QED) is 0.561. The number of para-hydroxylation sites is 1.